The van der Waals surface area contributed by atoms with Crippen molar-refractivity contribution in [2.24, 2.45) is 0 Å². The highest BCUT2D eigenvalue weighted by Crippen LogP contribution is 2.09. The molecule has 2 N–H and O–H groups in total. The van der Waals surface area contributed by atoms with Crippen LogP contribution in [0.15, 0.2) is 12.5 Å². The highest BCUT2D eigenvalue weighted by molar-refractivity contribution is 5.88. The first-order chi connectivity index (χ1) is 6.74. The zero-order valence-electron chi connectivity index (χ0n) is 7.34. The highest BCUT2D eigenvalue weighted by Gasteiger charge is 2.14. The fourth-order valence-electron chi connectivity index (χ4n) is 1.08. The fraction of sp³-hybridized carbons (Fsp3) is 0.143. The summed E-state index contributed by atoms with van der Waals surface area (Å²) in [6.45, 7) is 0. The van der Waals surface area contributed by atoms with E-state index in [1.165, 1.54) is 24.1 Å². The number of hydrogen-bond donors (Lipinski definition) is 1. The number of hydrogen-bond acceptors (Lipinski definition) is 6. The molecule has 0 spiro atoms. The largest absolute Gasteiger partial charge is 0.464 e. The number of nitrogens with zero attached hydrogens (tertiary/aromatic N) is 4. The molecule has 2 rings (SSSR count). The molecule has 2 heterocycles. The second-order valence-electron chi connectivity index (χ2n) is 2.52. The summed E-state index contributed by atoms with van der Waals surface area (Å²) in [6, 6.07) is 0. The number of nitrogens with two attached hydrogens (primary N) is 1. The summed E-state index contributed by atoms with van der Waals surface area (Å²) < 4.78 is 5.83. The molecule has 2 aromatic heterocycles. The van der Waals surface area contributed by atoms with Gasteiger partial charge in [-0.25, -0.2) is 19.3 Å². The van der Waals surface area contributed by atoms with E-state index in [0.717, 1.165) is 0 Å². The number of esters is 1. The molecule has 0 saturated carbocycles. The van der Waals surface area contributed by atoms with E-state index in [1.54, 1.807) is 0 Å². The van der Waals surface area contributed by atoms with Gasteiger partial charge in [-0.05, 0) is 0 Å². The summed E-state index contributed by atoms with van der Waals surface area (Å²) in [4.78, 5) is 18.9. The van der Waals surface area contributed by atoms with E-state index in [1.807, 2.05) is 0 Å². The molecular weight excluding hydrogens is 186 g/mol. The maximum absolute atomic E-state index is 11.2. The maximum Gasteiger partial charge on any atom is 0.358 e. The summed E-state index contributed by atoms with van der Waals surface area (Å²) in [5.41, 5.74) is 6.08. The second-order valence-corrected chi connectivity index (χ2v) is 2.52. The van der Waals surface area contributed by atoms with Crippen LogP contribution in [0.25, 0.3) is 5.65 Å². The van der Waals surface area contributed by atoms with Crippen LogP contribution in [0.4, 0.5) is 5.82 Å². The van der Waals surface area contributed by atoms with Crippen molar-refractivity contribution in [2.45, 2.75) is 0 Å². The number of methoxy groups -OCH3 is 1. The van der Waals surface area contributed by atoms with Gasteiger partial charge in [-0.1, -0.05) is 0 Å². The smallest absolute Gasteiger partial charge is 0.358 e. The third kappa shape index (κ3) is 1.06. The van der Waals surface area contributed by atoms with E-state index in [2.05, 4.69) is 19.8 Å². The van der Waals surface area contributed by atoms with Gasteiger partial charge in [-0.15, -0.1) is 0 Å². The van der Waals surface area contributed by atoms with Gasteiger partial charge in [0, 0.05) is 0 Å². The fourth-order valence-corrected chi connectivity index (χ4v) is 1.08. The van der Waals surface area contributed by atoms with Gasteiger partial charge in [0.2, 0.25) is 0 Å². The molecule has 14 heavy (non-hydrogen) atoms. The molecule has 0 fully saturated rings. The minimum absolute atomic E-state index is 0.218. The highest BCUT2D eigenvalue weighted by atomic mass is 16.5. The van der Waals surface area contributed by atoms with Crippen molar-refractivity contribution >= 4 is 17.4 Å². The van der Waals surface area contributed by atoms with Crippen LogP contribution in [0.1, 0.15) is 10.5 Å². The van der Waals surface area contributed by atoms with Crippen LogP contribution in [0.2, 0.25) is 0 Å². The lowest BCUT2D eigenvalue weighted by Gasteiger charge is -1.98. The Kier molecular flexibility index (Phi) is 1.77. The van der Waals surface area contributed by atoms with Gasteiger partial charge < -0.3 is 10.5 Å². The first kappa shape index (κ1) is 8.42. The molecule has 0 bridgehead atoms. The molecule has 0 radical (unpaired) electrons. The van der Waals surface area contributed by atoms with Crippen molar-refractivity contribution in [1.29, 1.82) is 0 Å². The molecule has 7 heteroatoms. The molecule has 0 atom stereocenters. The molecule has 0 aliphatic rings. The van der Waals surface area contributed by atoms with Gasteiger partial charge in [0.05, 0.1) is 13.3 Å². The van der Waals surface area contributed by atoms with Gasteiger partial charge in [0.25, 0.3) is 0 Å². The summed E-state index contributed by atoms with van der Waals surface area (Å²) in [5.74, 6) is -0.300. The predicted octanol–water partition coefficient (Wildman–Crippen LogP) is -0.507. The number of fused-ring (bicyclic) bond motifs is 1. The van der Waals surface area contributed by atoms with Crippen molar-refractivity contribution in [1.82, 2.24) is 19.6 Å². The van der Waals surface area contributed by atoms with E-state index in [-0.39, 0.29) is 11.5 Å². The molecule has 0 unspecified atom stereocenters. The van der Waals surface area contributed by atoms with Gasteiger partial charge in [-0.2, -0.15) is 5.10 Å². The zero-order chi connectivity index (χ0) is 10.1. The van der Waals surface area contributed by atoms with Crippen molar-refractivity contribution < 1.29 is 9.53 Å². The molecule has 7 nitrogen and oxygen atoms in total. The van der Waals surface area contributed by atoms with Gasteiger partial charge in [-0.3, -0.25) is 0 Å². The molecule has 0 aliphatic heterocycles. The Morgan fingerprint density at radius 2 is 2.36 bits per heavy atom. The topological polar surface area (TPSA) is 95.4 Å². The average molecular weight is 193 g/mol. The number of anilines is 1. The molecule has 0 aromatic carbocycles. The molecule has 2 aromatic rings. The lowest BCUT2D eigenvalue weighted by molar-refractivity contribution is 0.0591. The Morgan fingerprint density at radius 3 is 3.07 bits per heavy atom. The minimum atomic E-state index is -0.518. The number of carbonyl (C=O) groups excluding carboxylic acids is 1. The Labute approximate surface area is 78.5 Å². The van der Waals surface area contributed by atoms with Gasteiger partial charge in [0.15, 0.2) is 17.2 Å². The van der Waals surface area contributed by atoms with Crippen LogP contribution < -0.4 is 5.73 Å². The molecule has 0 amide bonds. The molecule has 0 aliphatic carbocycles. The Bertz CT molecular complexity index is 492. The Balaban J connectivity index is 2.70. The van der Waals surface area contributed by atoms with Crippen LogP contribution in [0, 0.1) is 0 Å². The van der Waals surface area contributed by atoms with Crippen LogP contribution in [0.3, 0.4) is 0 Å². The maximum atomic E-state index is 11.2. The third-order valence-corrected chi connectivity index (χ3v) is 1.73. The van der Waals surface area contributed by atoms with Gasteiger partial charge >= 0.3 is 5.97 Å². The predicted molar refractivity (Wildman–Crippen MR) is 46.5 cm³/mol. The van der Waals surface area contributed by atoms with Crippen molar-refractivity contribution in [2.75, 3.05) is 12.8 Å². The third-order valence-electron chi connectivity index (χ3n) is 1.73. The van der Waals surface area contributed by atoms with Crippen molar-refractivity contribution in [3.05, 3.63) is 18.2 Å². The minimum Gasteiger partial charge on any atom is -0.464 e. The lowest BCUT2D eigenvalue weighted by Crippen LogP contribution is -2.08. The van der Waals surface area contributed by atoms with E-state index >= 15 is 0 Å². The number of ether oxygens (including phenoxy) is 1. The van der Waals surface area contributed by atoms with E-state index in [9.17, 15) is 4.79 Å². The Hall–Kier alpha value is -2.18. The van der Waals surface area contributed by atoms with E-state index in [4.69, 9.17) is 5.73 Å². The quantitative estimate of drug-likeness (QED) is 0.613. The summed E-state index contributed by atoms with van der Waals surface area (Å²) in [6.07, 6.45) is 2.59. The van der Waals surface area contributed by atoms with Crippen molar-refractivity contribution in [3.8, 4) is 0 Å². The standard InChI is InChI=1S/C7H7N5O2/c1-14-7(13)4-2-9-6-5(8)10-3-11-12(4)6/h2-3H,1H3,(H2,8,10,11). The van der Waals surface area contributed by atoms with Gasteiger partial charge in [0.1, 0.15) is 6.33 Å². The van der Waals surface area contributed by atoms with Crippen LogP contribution in [-0.2, 0) is 4.74 Å². The van der Waals surface area contributed by atoms with Crippen LogP contribution in [-0.4, -0.2) is 32.7 Å². The molecule has 0 saturated heterocycles. The SMILES string of the molecule is COC(=O)c1cnc2c(N)ncnn12. The lowest BCUT2D eigenvalue weighted by atomic mass is 10.5. The van der Waals surface area contributed by atoms with Crippen molar-refractivity contribution in [3.63, 3.8) is 0 Å². The summed E-state index contributed by atoms with van der Waals surface area (Å²) in [5, 5.41) is 3.83. The van der Waals surface area contributed by atoms with Crippen LogP contribution >= 0.6 is 0 Å². The first-order valence-electron chi connectivity index (χ1n) is 3.76. The Morgan fingerprint density at radius 1 is 1.57 bits per heavy atom. The number of aromatic nitrogens is 4. The molecular formula is C7H7N5O2. The molecule has 72 valence electrons. The average Bonchev–Trinajstić information content (AvgIpc) is 2.62. The first-order valence-corrected chi connectivity index (χ1v) is 3.76. The normalized spacial score (nSPS) is 10.4. The summed E-state index contributed by atoms with van der Waals surface area (Å²) >= 11 is 0. The van der Waals surface area contributed by atoms with E-state index < -0.39 is 5.97 Å². The van der Waals surface area contributed by atoms with E-state index in [0.29, 0.717) is 5.65 Å². The zero-order valence-corrected chi connectivity index (χ0v) is 7.34. The number of imidazole rings is 1. The number of nitrogen functional groups attached to an aromatic ring is 1. The number of rotatable bonds is 1. The summed E-state index contributed by atoms with van der Waals surface area (Å²) in [7, 11) is 1.28. The second kappa shape index (κ2) is 2.95. The monoisotopic (exact) mass is 193 g/mol. The number of carbonyl (C=O) groups is 1. The van der Waals surface area contributed by atoms with Crippen LogP contribution in [0.5, 0.6) is 0 Å².